The molecule has 1 N–H and O–H groups in total. The van der Waals surface area contributed by atoms with Crippen molar-refractivity contribution < 1.29 is 4.92 Å². The number of hydrogen-bond donors (Lipinski definition) is 1. The Morgan fingerprint density at radius 2 is 2.17 bits per heavy atom. The molecule has 2 aromatic heterocycles. The Balaban J connectivity index is 1.72. The van der Waals surface area contributed by atoms with Crippen LogP contribution in [-0.4, -0.2) is 21.1 Å². The molecule has 7 nitrogen and oxygen atoms in total. The Hall–Kier alpha value is -3.13. The van der Waals surface area contributed by atoms with Crippen LogP contribution in [0.4, 0.5) is 10.8 Å². The van der Waals surface area contributed by atoms with E-state index in [1.165, 1.54) is 23.5 Å². The zero-order chi connectivity index (χ0) is 16.1. The molecule has 0 saturated heterocycles. The number of nitrogens with zero attached hydrogens (tertiary/aromatic N) is 4. The molecule has 3 rings (SSSR count). The van der Waals surface area contributed by atoms with E-state index in [0.717, 1.165) is 5.69 Å². The highest BCUT2D eigenvalue weighted by Gasteiger charge is 2.09. The summed E-state index contributed by atoms with van der Waals surface area (Å²) in [6, 6.07) is 11.9. The molecular weight excluding hydrogens is 314 g/mol. The van der Waals surface area contributed by atoms with Crippen LogP contribution < -0.4 is 5.43 Å². The van der Waals surface area contributed by atoms with Gasteiger partial charge in [-0.05, 0) is 12.1 Å². The molecule has 2 heterocycles. The second-order valence-electron chi connectivity index (χ2n) is 4.47. The van der Waals surface area contributed by atoms with Gasteiger partial charge in [-0.1, -0.05) is 18.2 Å². The Morgan fingerprint density at radius 1 is 1.26 bits per heavy atom. The number of hydrazone groups is 1. The predicted octanol–water partition coefficient (Wildman–Crippen LogP) is 3.56. The lowest BCUT2D eigenvalue weighted by molar-refractivity contribution is -0.384. The van der Waals surface area contributed by atoms with Crippen molar-refractivity contribution in [2.45, 2.75) is 0 Å². The van der Waals surface area contributed by atoms with Gasteiger partial charge in [-0.3, -0.25) is 20.5 Å². The quantitative estimate of drug-likeness (QED) is 0.440. The molecule has 0 fully saturated rings. The van der Waals surface area contributed by atoms with Crippen LogP contribution in [0.1, 0.15) is 5.69 Å². The fourth-order valence-corrected chi connectivity index (χ4v) is 2.51. The van der Waals surface area contributed by atoms with Crippen LogP contribution in [0.2, 0.25) is 0 Å². The van der Waals surface area contributed by atoms with Gasteiger partial charge in [0, 0.05) is 29.3 Å². The van der Waals surface area contributed by atoms with E-state index in [9.17, 15) is 10.1 Å². The Labute approximate surface area is 135 Å². The highest BCUT2D eigenvalue weighted by Crippen LogP contribution is 2.27. The smallest absolute Gasteiger partial charge is 0.258 e. The average molecular weight is 325 g/mol. The van der Waals surface area contributed by atoms with E-state index in [1.54, 1.807) is 24.5 Å². The molecule has 0 bridgehead atoms. The molecule has 0 spiro atoms. The van der Waals surface area contributed by atoms with E-state index in [4.69, 9.17) is 0 Å². The molecule has 1 aromatic carbocycles. The lowest BCUT2D eigenvalue weighted by atomic mass is 10.1. The van der Waals surface area contributed by atoms with Crippen LogP contribution in [0.5, 0.6) is 0 Å². The predicted molar refractivity (Wildman–Crippen MR) is 89.7 cm³/mol. The highest BCUT2D eigenvalue weighted by molar-refractivity contribution is 7.14. The standard InChI is InChI=1S/C15H11N5O2S/c21-20(22)13-6-3-4-11(8-13)14-10-23-15(18-14)19-17-9-12-5-1-2-7-16-12/h1-10H,(H,18,19)/b17-9-. The number of benzene rings is 1. The Kier molecular flexibility index (Phi) is 4.34. The van der Waals surface area contributed by atoms with Crippen LogP contribution in [0.3, 0.4) is 0 Å². The van der Waals surface area contributed by atoms with Crippen LogP contribution in [-0.2, 0) is 0 Å². The van der Waals surface area contributed by atoms with Gasteiger partial charge in [-0.15, -0.1) is 11.3 Å². The third-order valence-corrected chi connectivity index (χ3v) is 3.65. The van der Waals surface area contributed by atoms with E-state index in [-0.39, 0.29) is 5.69 Å². The van der Waals surface area contributed by atoms with Crippen molar-refractivity contribution in [3.8, 4) is 11.3 Å². The maximum atomic E-state index is 10.8. The summed E-state index contributed by atoms with van der Waals surface area (Å²) in [5, 5.41) is 17.3. The normalized spacial score (nSPS) is 10.8. The SMILES string of the molecule is O=[N+]([O-])c1cccc(-c2csc(N/N=C\c3ccccn3)n2)c1. The van der Waals surface area contributed by atoms with E-state index >= 15 is 0 Å². The number of pyridine rings is 1. The number of rotatable bonds is 5. The number of nitrogens with one attached hydrogen (secondary N) is 1. The second kappa shape index (κ2) is 6.75. The van der Waals surface area contributed by atoms with Gasteiger partial charge in [0.25, 0.3) is 5.69 Å². The zero-order valence-electron chi connectivity index (χ0n) is 11.8. The Bertz CT molecular complexity index is 848. The maximum Gasteiger partial charge on any atom is 0.270 e. The molecule has 114 valence electrons. The van der Waals surface area contributed by atoms with Crippen molar-refractivity contribution >= 4 is 28.4 Å². The van der Waals surface area contributed by atoms with Crippen LogP contribution in [0.15, 0.2) is 59.1 Å². The number of anilines is 1. The molecule has 0 radical (unpaired) electrons. The molecule has 0 aliphatic rings. The fourth-order valence-electron chi connectivity index (χ4n) is 1.84. The number of nitro benzene ring substituents is 1. The number of hydrogen-bond acceptors (Lipinski definition) is 7. The first-order valence-corrected chi connectivity index (χ1v) is 7.51. The minimum atomic E-state index is -0.424. The summed E-state index contributed by atoms with van der Waals surface area (Å²) in [5.74, 6) is 0. The minimum absolute atomic E-state index is 0.0400. The van der Waals surface area contributed by atoms with Gasteiger partial charge < -0.3 is 0 Å². The van der Waals surface area contributed by atoms with Crippen molar-refractivity contribution in [3.05, 3.63) is 69.8 Å². The van der Waals surface area contributed by atoms with Gasteiger partial charge in [-0.25, -0.2) is 4.98 Å². The molecule has 0 aliphatic heterocycles. The first kappa shape index (κ1) is 14.8. The molecule has 0 unspecified atom stereocenters. The molecule has 0 saturated carbocycles. The van der Waals surface area contributed by atoms with Gasteiger partial charge in [0.1, 0.15) is 0 Å². The van der Waals surface area contributed by atoms with Crippen molar-refractivity contribution in [2.75, 3.05) is 5.43 Å². The van der Waals surface area contributed by atoms with Gasteiger partial charge in [0.15, 0.2) is 0 Å². The summed E-state index contributed by atoms with van der Waals surface area (Å²) in [7, 11) is 0. The molecule has 8 heteroatoms. The van der Waals surface area contributed by atoms with E-state index < -0.39 is 4.92 Å². The summed E-state index contributed by atoms with van der Waals surface area (Å²) in [6.45, 7) is 0. The number of nitro groups is 1. The highest BCUT2D eigenvalue weighted by atomic mass is 32.1. The lowest BCUT2D eigenvalue weighted by Crippen LogP contribution is -1.92. The number of non-ortho nitro benzene ring substituents is 1. The second-order valence-corrected chi connectivity index (χ2v) is 5.33. The number of thiazole rings is 1. The van der Waals surface area contributed by atoms with E-state index in [0.29, 0.717) is 16.4 Å². The first-order chi connectivity index (χ1) is 11.2. The summed E-state index contributed by atoms with van der Waals surface area (Å²) >= 11 is 1.37. The van der Waals surface area contributed by atoms with Gasteiger partial charge in [0.2, 0.25) is 5.13 Å². The van der Waals surface area contributed by atoms with Crippen molar-refractivity contribution in [1.29, 1.82) is 0 Å². The molecule has 0 atom stereocenters. The summed E-state index contributed by atoms with van der Waals surface area (Å²) < 4.78 is 0. The van der Waals surface area contributed by atoms with Crippen LogP contribution in [0.25, 0.3) is 11.3 Å². The maximum absolute atomic E-state index is 10.8. The van der Waals surface area contributed by atoms with Gasteiger partial charge in [-0.2, -0.15) is 5.10 Å². The van der Waals surface area contributed by atoms with Crippen LogP contribution in [0, 0.1) is 10.1 Å². The topological polar surface area (TPSA) is 93.3 Å². The van der Waals surface area contributed by atoms with Crippen molar-refractivity contribution in [2.24, 2.45) is 5.10 Å². The van der Waals surface area contributed by atoms with Crippen molar-refractivity contribution in [1.82, 2.24) is 9.97 Å². The van der Waals surface area contributed by atoms with Gasteiger partial charge >= 0.3 is 0 Å². The van der Waals surface area contributed by atoms with Gasteiger partial charge in [0.05, 0.1) is 22.5 Å². The van der Waals surface area contributed by atoms with Crippen molar-refractivity contribution in [3.63, 3.8) is 0 Å². The summed E-state index contributed by atoms with van der Waals surface area (Å²) in [4.78, 5) is 18.9. The minimum Gasteiger partial charge on any atom is -0.258 e. The summed E-state index contributed by atoms with van der Waals surface area (Å²) in [5.41, 5.74) is 4.95. The molecule has 23 heavy (non-hydrogen) atoms. The number of aromatic nitrogens is 2. The van der Waals surface area contributed by atoms with E-state index in [1.807, 2.05) is 23.6 Å². The summed E-state index contributed by atoms with van der Waals surface area (Å²) in [6.07, 6.45) is 3.28. The monoisotopic (exact) mass is 325 g/mol. The average Bonchev–Trinajstić information content (AvgIpc) is 3.05. The molecular formula is C15H11N5O2S. The van der Waals surface area contributed by atoms with E-state index in [2.05, 4.69) is 20.5 Å². The molecule has 0 aliphatic carbocycles. The first-order valence-electron chi connectivity index (χ1n) is 6.63. The molecule has 0 amide bonds. The van der Waals surface area contributed by atoms with Crippen LogP contribution >= 0.6 is 11.3 Å². The Morgan fingerprint density at radius 3 is 2.96 bits per heavy atom. The fraction of sp³-hybridized carbons (Fsp3) is 0. The third kappa shape index (κ3) is 3.74. The zero-order valence-corrected chi connectivity index (χ0v) is 12.6. The largest absolute Gasteiger partial charge is 0.270 e. The lowest BCUT2D eigenvalue weighted by Gasteiger charge is -1.97. The third-order valence-electron chi connectivity index (χ3n) is 2.90. The molecule has 3 aromatic rings.